The van der Waals surface area contributed by atoms with Gasteiger partial charge < -0.3 is 9.88 Å². The van der Waals surface area contributed by atoms with Crippen LogP contribution in [0.25, 0.3) is 0 Å². The summed E-state index contributed by atoms with van der Waals surface area (Å²) in [7, 11) is 0. The smallest absolute Gasteiger partial charge is 0.0946 e. The molecule has 1 atom stereocenters. The van der Waals surface area contributed by atoms with Gasteiger partial charge in [0.05, 0.1) is 6.33 Å². The summed E-state index contributed by atoms with van der Waals surface area (Å²) in [5.74, 6) is 0. The second kappa shape index (κ2) is 5.98. The first-order chi connectivity index (χ1) is 8.25. The third-order valence-corrected chi connectivity index (χ3v) is 3.28. The van der Waals surface area contributed by atoms with Crippen LogP contribution in [-0.4, -0.2) is 16.1 Å². The van der Waals surface area contributed by atoms with Crippen molar-refractivity contribution in [1.82, 2.24) is 14.9 Å². The summed E-state index contributed by atoms with van der Waals surface area (Å²) in [6.07, 6.45) is 5.62. The largest absolute Gasteiger partial charge is 0.336 e. The van der Waals surface area contributed by atoms with Gasteiger partial charge in [0.25, 0.3) is 0 Å². The van der Waals surface area contributed by atoms with Crippen molar-refractivity contribution in [2.45, 2.75) is 19.5 Å². The average molecular weight is 294 g/mol. The average Bonchev–Trinajstić information content (AvgIpc) is 2.83. The van der Waals surface area contributed by atoms with Gasteiger partial charge in [-0.05, 0) is 24.6 Å². The first-order valence-corrected chi connectivity index (χ1v) is 6.49. The predicted octanol–water partition coefficient (Wildman–Crippen LogP) is 3.00. The Kier molecular flexibility index (Phi) is 4.34. The van der Waals surface area contributed by atoms with E-state index in [1.807, 2.05) is 12.5 Å². The summed E-state index contributed by atoms with van der Waals surface area (Å²) in [6.45, 7) is 4.06. The molecule has 0 radical (unpaired) electrons. The first-order valence-electron chi connectivity index (χ1n) is 5.70. The molecule has 0 spiro atoms. The number of benzene rings is 1. The van der Waals surface area contributed by atoms with E-state index in [0.29, 0.717) is 6.04 Å². The molecule has 0 saturated carbocycles. The molecule has 1 heterocycles. The quantitative estimate of drug-likeness (QED) is 0.918. The monoisotopic (exact) mass is 293 g/mol. The molecule has 0 amide bonds. The second-order valence-corrected chi connectivity index (χ2v) is 4.94. The molecule has 3 nitrogen and oxygen atoms in total. The minimum Gasteiger partial charge on any atom is -0.336 e. The number of hydrogen-bond acceptors (Lipinski definition) is 2. The van der Waals surface area contributed by atoms with Crippen LogP contribution in [-0.2, 0) is 6.54 Å². The lowest BCUT2D eigenvalue weighted by atomic mass is 10.1. The van der Waals surface area contributed by atoms with Crippen molar-refractivity contribution in [3.05, 3.63) is 53.0 Å². The molecule has 1 N–H and O–H groups in total. The van der Waals surface area contributed by atoms with Gasteiger partial charge >= 0.3 is 0 Å². The molecule has 0 aliphatic heterocycles. The normalized spacial score (nSPS) is 12.6. The highest BCUT2D eigenvalue weighted by atomic mass is 79.9. The molecule has 0 aliphatic rings. The summed E-state index contributed by atoms with van der Waals surface area (Å²) in [4.78, 5) is 4.02. The summed E-state index contributed by atoms with van der Waals surface area (Å²) in [5.41, 5.74) is 1.30. The summed E-state index contributed by atoms with van der Waals surface area (Å²) in [5, 5.41) is 3.49. The fourth-order valence-corrected chi connectivity index (χ4v) is 1.96. The molecule has 1 aromatic carbocycles. The molecule has 90 valence electrons. The standard InChI is InChI=1S/C13H16BrN3/c1-11(12-2-4-13(14)5-3-12)16-7-9-17-8-6-15-10-17/h2-6,8,10-11,16H,7,9H2,1H3. The third kappa shape index (κ3) is 3.68. The van der Waals surface area contributed by atoms with E-state index in [1.165, 1.54) is 5.56 Å². The van der Waals surface area contributed by atoms with Gasteiger partial charge in [-0.2, -0.15) is 0 Å². The van der Waals surface area contributed by atoms with Crippen LogP contribution in [0.3, 0.4) is 0 Å². The number of nitrogens with zero attached hydrogens (tertiary/aromatic N) is 2. The Morgan fingerprint density at radius 2 is 2.12 bits per heavy atom. The molecule has 1 unspecified atom stereocenters. The van der Waals surface area contributed by atoms with Crippen LogP contribution < -0.4 is 5.32 Å². The summed E-state index contributed by atoms with van der Waals surface area (Å²) < 4.78 is 3.19. The SMILES string of the molecule is CC(NCCn1ccnc1)c1ccc(Br)cc1. The molecular formula is C13H16BrN3. The molecule has 0 bridgehead atoms. The molecule has 17 heavy (non-hydrogen) atoms. The molecule has 2 rings (SSSR count). The van der Waals surface area contributed by atoms with Crippen LogP contribution in [0.2, 0.25) is 0 Å². The van der Waals surface area contributed by atoms with Crippen molar-refractivity contribution in [2.75, 3.05) is 6.54 Å². The molecular weight excluding hydrogens is 278 g/mol. The lowest BCUT2D eigenvalue weighted by molar-refractivity contribution is 0.531. The zero-order valence-corrected chi connectivity index (χ0v) is 11.4. The Hall–Kier alpha value is -1.13. The molecule has 4 heteroatoms. The van der Waals surface area contributed by atoms with Crippen LogP contribution in [0, 0.1) is 0 Å². The lowest BCUT2D eigenvalue weighted by Gasteiger charge is -2.14. The van der Waals surface area contributed by atoms with Crippen molar-refractivity contribution in [1.29, 1.82) is 0 Å². The van der Waals surface area contributed by atoms with E-state index in [1.54, 1.807) is 6.20 Å². The Morgan fingerprint density at radius 1 is 1.35 bits per heavy atom. The van der Waals surface area contributed by atoms with Gasteiger partial charge in [-0.3, -0.25) is 0 Å². The van der Waals surface area contributed by atoms with Gasteiger partial charge in [0.1, 0.15) is 0 Å². The lowest BCUT2D eigenvalue weighted by Crippen LogP contribution is -2.22. The van der Waals surface area contributed by atoms with Gasteiger partial charge in [-0.1, -0.05) is 28.1 Å². The number of nitrogens with one attached hydrogen (secondary N) is 1. The van der Waals surface area contributed by atoms with E-state index >= 15 is 0 Å². The topological polar surface area (TPSA) is 29.9 Å². The Balaban J connectivity index is 1.81. The summed E-state index contributed by atoms with van der Waals surface area (Å²) in [6, 6.07) is 8.79. The van der Waals surface area contributed by atoms with Crippen molar-refractivity contribution in [3.8, 4) is 0 Å². The Morgan fingerprint density at radius 3 is 2.76 bits per heavy atom. The van der Waals surface area contributed by atoms with Crippen LogP contribution in [0.5, 0.6) is 0 Å². The maximum Gasteiger partial charge on any atom is 0.0946 e. The van der Waals surface area contributed by atoms with Crippen LogP contribution >= 0.6 is 15.9 Å². The van der Waals surface area contributed by atoms with Gasteiger partial charge in [-0.15, -0.1) is 0 Å². The van der Waals surface area contributed by atoms with Crippen LogP contribution in [0.1, 0.15) is 18.5 Å². The van der Waals surface area contributed by atoms with Gasteiger partial charge in [-0.25, -0.2) is 4.98 Å². The van der Waals surface area contributed by atoms with Crippen molar-refractivity contribution in [2.24, 2.45) is 0 Å². The zero-order chi connectivity index (χ0) is 12.1. The van der Waals surface area contributed by atoms with Gasteiger partial charge in [0.15, 0.2) is 0 Å². The highest BCUT2D eigenvalue weighted by Gasteiger charge is 2.03. The fraction of sp³-hybridized carbons (Fsp3) is 0.308. The molecule has 0 saturated heterocycles. The third-order valence-electron chi connectivity index (χ3n) is 2.75. The van der Waals surface area contributed by atoms with Crippen molar-refractivity contribution in [3.63, 3.8) is 0 Å². The minimum absolute atomic E-state index is 0.367. The molecule has 2 aromatic rings. The number of hydrogen-bond donors (Lipinski definition) is 1. The maximum atomic E-state index is 4.02. The molecule has 0 aliphatic carbocycles. The molecule has 1 aromatic heterocycles. The Bertz CT molecular complexity index is 436. The van der Waals surface area contributed by atoms with E-state index in [9.17, 15) is 0 Å². The van der Waals surface area contributed by atoms with E-state index in [0.717, 1.165) is 17.6 Å². The van der Waals surface area contributed by atoms with Crippen LogP contribution in [0.4, 0.5) is 0 Å². The van der Waals surface area contributed by atoms with Crippen molar-refractivity contribution < 1.29 is 0 Å². The van der Waals surface area contributed by atoms with E-state index in [2.05, 4.69) is 62.0 Å². The zero-order valence-electron chi connectivity index (χ0n) is 9.81. The molecule has 0 fully saturated rings. The number of halogens is 1. The highest BCUT2D eigenvalue weighted by Crippen LogP contribution is 2.16. The predicted molar refractivity (Wildman–Crippen MR) is 72.8 cm³/mol. The van der Waals surface area contributed by atoms with Crippen molar-refractivity contribution >= 4 is 15.9 Å². The van der Waals surface area contributed by atoms with E-state index in [4.69, 9.17) is 0 Å². The Labute approximate surface area is 110 Å². The van der Waals surface area contributed by atoms with E-state index < -0.39 is 0 Å². The van der Waals surface area contributed by atoms with Gasteiger partial charge in [0, 0.05) is 36.0 Å². The van der Waals surface area contributed by atoms with Crippen LogP contribution in [0.15, 0.2) is 47.5 Å². The minimum atomic E-state index is 0.367. The number of aromatic nitrogens is 2. The number of rotatable bonds is 5. The summed E-state index contributed by atoms with van der Waals surface area (Å²) >= 11 is 3.44. The van der Waals surface area contributed by atoms with Gasteiger partial charge in [0.2, 0.25) is 0 Å². The number of imidazole rings is 1. The first kappa shape index (κ1) is 12.3. The second-order valence-electron chi connectivity index (χ2n) is 4.03. The van der Waals surface area contributed by atoms with E-state index in [-0.39, 0.29) is 0 Å². The highest BCUT2D eigenvalue weighted by molar-refractivity contribution is 9.10. The fourth-order valence-electron chi connectivity index (χ4n) is 1.70. The maximum absolute atomic E-state index is 4.02.